The first-order valence-corrected chi connectivity index (χ1v) is 11.1. The molecular weight excluding hydrogens is 400 g/mol. The summed E-state index contributed by atoms with van der Waals surface area (Å²) in [4.78, 5) is 12.6. The third kappa shape index (κ3) is 5.04. The maximum atomic E-state index is 13.0. The van der Waals surface area contributed by atoms with E-state index < -0.39 is 15.9 Å². The Bertz CT molecular complexity index is 927. The molecule has 0 aromatic heterocycles. The second-order valence-corrected chi connectivity index (χ2v) is 8.87. The topological polar surface area (TPSA) is 75.7 Å². The van der Waals surface area contributed by atoms with Gasteiger partial charge in [0.2, 0.25) is 10.0 Å². The Balaban J connectivity index is 1.64. The molecule has 1 N–H and O–H groups in total. The largest absolute Gasteiger partial charge is 0.492 e. The average Bonchev–Trinajstić information content (AvgIpc) is 2.72. The third-order valence-corrected chi connectivity index (χ3v) is 6.71. The molecule has 0 atom stereocenters. The molecule has 0 spiro atoms. The Labute approximate surface area is 170 Å². The number of hydrogen-bond acceptors (Lipinski definition) is 4. The van der Waals surface area contributed by atoms with Crippen LogP contribution in [0.1, 0.15) is 29.6 Å². The van der Waals surface area contributed by atoms with Crippen LogP contribution in [0.4, 0.5) is 0 Å². The van der Waals surface area contributed by atoms with Gasteiger partial charge in [0, 0.05) is 18.1 Å². The third-order valence-electron chi connectivity index (χ3n) is 4.52. The molecule has 2 aromatic carbocycles. The fourth-order valence-electron chi connectivity index (χ4n) is 3.11. The Morgan fingerprint density at radius 2 is 1.82 bits per heavy atom. The number of nitrogens with zero attached hydrogens (tertiary/aromatic N) is 1. The van der Waals surface area contributed by atoms with Crippen LogP contribution in [0, 0.1) is 0 Å². The molecule has 1 heterocycles. The molecule has 1 amide bonds. The summed E-state index contributed by atoms with van der Waals surface area (Å²) in [6.45, 7) is 1.47. The molecule has 8 heteroatoms. The van der Waals surface area contributed by atoms with E-state index in [0.29, 0.717) is 23.9 Å². The van der Waals surface area contributed by atoms with Crippen molar-refractivity contribution in [1.29, 1.82) is 0 Å². The lowest BCUT2D eigenvalue weighted by atomic mass is 10.2. The predicted molar refractivity (Wildman–Crippen MR) is 108 cm³/mol. The number of rotatable bonds is 7. The van der Waals surface area contributed by atoms with Crippen LogP contribution >= 0.6 is 11.6 Å². The highest BCUT2D eigenvalue weighted by molar-refractivity contribution is 7.89. The molecule has 150 valence electrons. The summed E-state index contributed by atoms with van der Waals surface area (Å²) < 4.78 is 32.9. The van der Waals surface area contributed by atoms with Crippen LogP contribution in [-0.4, -0.2) is 44.9 Å². The van der Waals surface area contributed by atoms with Gasteiger partial charge in [-0.15, -0.1) is 0 Å². The van der Waals surface area contributed by atoms with Gasteiger partial charge in [0.1, 0.15) is 12.4 Å². The van der Waals surface area contributed by atoms with Gasteiger partial charge in [0.05, 0.1) is 17.0 Å². The monoisotopic (exact) mass is 422 g/mol. The molecule has 3 rings (SSSR count). The summed E-state index contributed by atoms with van der Waals surface area (Å²) in [6, 6.07) is 13.3. The van der Waals surface area contributed by atoms with Crippen molar-refractivity contribution in [3.63, 3.8) is 0 Å². The van der Waals surface area contributed by atoms with Gasteiger partial charge in [-0.25, -0.2) is 8.42 Å². The van der Waals surface area contributed by atoms with E-state index in [4.69, 9.17) is 16.3 Å². The second-order valence-electron chi connectivity index (χ2n) is 6.52. The number of amides is 1. The number of ether oxygens (including phenoxy) is 1. The van der Waals surface area contributed by atoms with Crippen molar-refractivity contribution in [3.8, 4) is 5.75 Å². The highest BCUT2D eigenvalue weighted by Crippen LogP contribution is 2.23. The van der Waals surface area contributed by atoms with Crippen molar-refractivity contribution in [2.24, 2.45) is 0 Å². The molecular formula is C20H23ClN2O4S. The van der Waals surface area contributed by atoms with Crippen LogP contribution in [0.15, 0.2) is 53.4 Å². The Hall–Kier alpha value is -2.09. The summed E-state index contributed by atoms with van der Waals surface area (Å²) in [6.07, 6.45) is 2.71. The number of halogens is 1. The van der Waals surface area contributed by atoms with Crippen LogP contribution in [0.2, 0.25) is 5.02 Å². The van der Waals surface area contributed by atoms with E-state index in [1.54, 1.807) is 36.4 Å². The van der Waals surface area contributed by atoms with Crippen molar-refractivity contribution < 1.29 is 17.9 Å². The first-order valence-electron chi connectivity index (χ1n) is 9.24. The maximum Gasteiger partial charge on any atom is 0.252 e. The standard InChI is InChI=1S/C20H23ClN2O4S/c21-16-7-6-8-17(15-16)27-14-11-22-20(24)18-9-2-3-10-19(18)28(25,26)23-12-4-1-5-13-23/h2-3,6-10,15H,1,4-5,11-14H2,(H,22,24). The zero-order chi connectivity index (χ0) is 20.0. The fourth-order valence-corrected chi connectivity index (χ4v) is 5.00. The molecule has 0 aliphatic carbocycles. The molecule has 1 saturated heterocycles. The zero-order valence-corrected chi connectivity index (χ0v) is 17.0. The average molecular weight is 423 g/mol. The molecule has 1 fully saturated rings. The van der Waals surface area contributed by atoms with E-state index in [1.807, 2.05) is 0 Å². The highest BCUT2D eigenvalue weighted by atomic mass is 35.5. The number of carbonyl (C=O) groups is 1. The maximum absolute atomic E-state index is 13.0. The van der Waals surface area contributed by atoms with Crippen molar-refractivity contribution in [3.05, 3.63) is 59.1 Å². The van der Waals surface area contributed by atoms with Crippen molar-refractivity contribution >= 4 is 27.5 Å². The normalized spacial score (nSPS) is 15.2. The smallest absolute Gasteiger partial charge is 0.252 e. The highest BCUT2D eigenvalue weighted by Gasteiger charge is 2.29. The van der Waals surface area contributed by atoms with E-state index in [0.717, 1.165) is 19.3 Å². The van der Waals surface area contributed by atoms with Gasteiger partial charge in [-0.1, -0.05) is 36.2 Å². The molecule has 0 saturated carbocycles. The summed E-state index contributed by atoms with van der Waals surface area (Å²) in [7, 11) is -3.69. The van der Waals surface area contributed by atoms with Crippen LogP contribution in [0.3, 0.4) is 0 Å². The fraction of sp³-hybridized carbons (Fsp3) is 0.350. The number of benzene rings is 2. The zero-order valence-electron chi connectivity index (χ0n) is 15.4. The van der Waals surface area contributed by atoms with E-state index >= 15 is 0 Å². The molecule has 0 bridgehead atoms. The molecule has 1 aliphatic heterocycles. The molecule has 0 radical (unpaired) electrons. The van der Waals surface area contributed by atoms with E-state index in [1.165, 1.54) is 16.4 Å². The van der Waals surface area contributed by atoms with Gasteiger partial charge in [0.15, 0.2) is 0 Å². The first kappa shape index (κ1) is 20.6. The molecule has 6 nitrogen and oxygen atoms in total. The lowest BCUT2D eigenvalue weighted by molar-refractivity contribution is 0.0943. The van der Waals surface area contributed by atoms with Gasteiger partial charge < -0.3 is 10.1 Å². The number of carbonyl (C=O) groups excluding carboxylic acids is 1. The van der Waals surface area contributed by atoms with Crippen molar-refractivity contribution in [1.82, 2.24) is 9.62 Å². The second kappa shape index (κ2) is 9.41. The van der Waals surface area contributed by atoms with Gasteiger partial charge in [0.25, 0.3) is 5.91 Å². The van der Waals surface area contributed by atoms with E-state index in [9.17, 15) is 13.2 Å². The Morgan fingerprint density at radius 3 is 2.57 bits per heavy atom. The van der Waals surface area contributed by atoms with Crippen LogP contribution in [0.25, 0.3) is 0 Å². The summed E-state index contributed by atoms with van der Waals surface area (Å²) in [5, 5.41) is 3.29. The Morgan fingerprint density at radius 1 is 1.07 bits per heavy atom. The van der Waals surface area contributed by atoms with E-state index in [2.05, 4.69) is 5.32 Å². The summed E-state index contributed by atoms with van der Waals surface area (Å²) in [5.74, 6) is 0.167. The predicted octanol–water partition coefficient (Wildman–Crippen LogP) is 3.32. The van der Waals surface area contributed by atoms with Crippen LogP contribution < -0.4 is 10.1 Å². The Kier molecular flexibility index (Phi) is 6.93. The molecule has 1 aliphatic rings. The van der Waals surface area contributed by atoms with Gasteiger partial charge in [-0.05, 0) is 43.2 Å². The lowest BCUT2D eigenvalue weighted by Gasteiger charge is -2.26. The summed E-state index contributed by atoms with van der Waals surface area (Å²) >= 11 is 5.90. The lowest BCUT2D eigenvalue weighted by Crippen LogP contribution is -2.37. The minimum atomic E-state index is -3.69. The van der Waals surface area contributed by atoms with Gasteiger partial charge in [-0.3, -0.25) is 4.79 Å². The van der Waals surface area contributed by atoms with Crippen molar-refractivity contribution in [2.75, 3.05) is 26.2 Å². The van der Waals surface area contributed by atoms with Crippen LogP contribution in [0.5, 0.6) is 5.75 Å². The van der Waals surface area contributed by atoms with Crippen molar-refractivity contribution in [2.45, 2.75) is 24.2 Å². The number of piperidine rings is 1. The van der Waals surface area contributed by atoms with Gasteiger partial charge >= 0.3 is 0 Å². The minimum Gasteiger partial charge on any atom is -0.492 e. The van der Waals surface area contributed by atoms with Crippen LogP contribution in [-0.2, 0) is 10.0 Å². The first-order chi connectivity index (χ1) is 13.5. The van der Waals surface area contributed by atoms with Gasteiger partial charge in [-0.2, -0.15) is 4.31 Å². The molecule has 2 aromatic rings. The quantitative estimate of drug-likeness (QED) is 0.694. The number of hydrogen-bond donors (Lipinski definition) is 1. The summed E-state index contributed by atoms with van der Waals surface area (Å²) in [5.41, 5.74) is 0.149. The number of nitrogens with one attached hydrogen (secondary N) is 1. The molecule has 0 unspecified atom stereocenters. The van der Waals surface area contributed by atoms with E-state index in [-0.39, 0.29) is 23.6 Å². The molecule has 28 heavy (non-hydrogen) atoms. The SMILES string of the molecule is O=C(NCCOc1cccc(Cl)c1)c1ccccc1S(=O)(=O)N1CCCCC1. The number of sulfonamides is 1. The minimum absolute atomic E-state index is 0.0464.